The van der Waals surface area contributed by atoms with E-state index in [1.807, 2.05) is 25.7 Å². The average molecular weight is 308 g/mol. The molecule has 4 heteroatoms. The molecular weight excluding hydrogens is 276 g/mol. The first-order valence-corrected chi connectivity index (χ1v) is 8.90. The van der Waals surface area contributed by atoms with Crippen molar-refractivity contribution in [3.05, 3.63) is 0 Å². The SMILES string of the molecule is CC(C)(C)OC(=O)N1CCNCC1C1CCC2CC1C2(C)C. The van der Waals surface area contributed by atoms with Gasteiger partial charge in [0.15, 0.2) is 0 Å². The number of rotatable bonds is 1. The molecule has 4 aliphatic rings. The molecule has 1 heterocycles. The van der Waals surface area contributed by atoms with E-state index < -0.39 is 5.60 Å². The molecule has 1 N–H and O–H groups in total. The van der Waals surface area contributed by atoms with Gasteiger partial charge in [0.2, 0.25) is 0 Å². The lowest BCUT2D eigenvalue weighted by molar-refractivity contribution is -0.128. The van der Waals surface area contributed by atoms with Gasteiger partial charge in [-0.25, -0.2) is 4.79 Å². The largest absolute Gasteiger partial charge is 0.444 e. The number of carbonyl (C=O) groups excluding carboxylic acids is 1. The first kappa shape index (κ1) is 16.1. The minimum absolute atomic E-state index is 0.127. The molecule has 0 radical (unpaired) electrons. The summed E-state index contributed by atoms with van der Waals surface area (Å²) in [5.41, 5.74) is 0.0415. The van der Waals surface area contributed by atoms with Crippen LogP contribution < -0.4 is 5.32 Å². The topological polar surface area (TPSA) is 41.6 Å². The van der Waals surface area contributed by atoms with E-state index in [2.05, 4.69) is 19.2 Å². The first-order chi connectivity index (χ1) is 10.2. The molecule has 0 aromatic carbocycles. The summed E-state index contributed by atoms with van der Waals surface area (Å²) in [6, 6.07) is 0.300. The molecule has 3 aliphatic carbocycles. The summed E-state index contributed by atoms with van der Waals surface area (Å²) in [7, 11) is 0. The third-order valence-electron chi connectivity index (χ3n) is 6.32. The van der Waals surface area contributed by atoms with Crippen LogP contribution in [-0.2, 0) is 4.74 Å². The first-order valence-electron chi connectivity index (χ1n) is 8.90. The molecule has 22 heavy (non-hydrogen) atoms. The molecule has 2 bridgehead atoms. The fourth-order valence-electron chi connectivity index (χ4n) is 4.98. The fraction of sp³-hybridized carbons (Fsp3) is 0.944. The van der Waals surface area contributed by atoms with Crippen molar-refractivity contribution in [2.24, 2.45) is 23.2 Å². The van der Waals surface area contributed by atoms with Crippen LogP contribution in [0.1, 0.15) is 53.9 Å². The Bertz CT molecular complexity index is 439. The van der Waals surface area contributed by atoms with Crippen molar-refractivity contribution < 1.29 is 9.53 Å². The third kappa shape index (κ3) is 2.75. The van der Waals surface area contributed by atoms with Crippen LogP contribution in [-0.4, -0.2) is 42.3 Å². The molecule has 4 atom stereocenters. The summed E-state index contributed by atoms with van der Waals surface area (Å²) in [4.78, 5) is 14.6. The zero-order valence-electron chi connectivity index (χ0n) is 14.8. The monoisotopic (exact) mass is 308 g/mol. The smallest absolute Gasteiger partial charge is 0.410 e. The lowest BCUT2D eigenvalue weighted by atomic mass is 9.44. The summed E-state index contributed by atoms with van der Waals surface area (Å²) in [5, 5.41) is 3.50. The molecule has 126 valence electrons. The zero-order chi connectivity index (χ0) is 16.1. The molecule has 1 aliphatic heterocycles. The Morgan fingerprint density at radius 1 is 1.27 bits per heavy atom. The van der Waals surface area contributed by atoms with Gasteiger partial charge in [-0.15, -0.1) is 0 Å². The highest BCUT2D eigenvalue weighted by Crippen LogP contribution is 2.62. The lowest BCUT2D eigenvalue weighted by Crippen LogP contribution is -2.63. The van der Waals surface area contributed by atoms with Crippen LogP contribution in [0, 0.1) is 23.2 Å². The van der Waals surface area contributed by atoms with Gasteiger partial charge in [0, 0.05) is 19.6 Å². The summed E-state index contributed by atoms with van der Waals surface area (Å²) >= 11 is 0. The highest BCUT2D eigenvalue weighted by Gasteiger charge is 2.56. The summed E-state index contributed by atoms with van der Waals surface area (Å²) < 4.78 is 5.66. The predicted molar refractivity (Wildman–Crippen MR) is 87.7 cm³/mol. The van der Waals surface area contributed by atoms with Crippen molar-refractivity contribution in [3.63, 3.8) is 0 Å². The minimum Gasteiger partial charge on any atom is -0.444 e. The Balaban J connectivity index is 1.74. The summed E-state index contributed by atoms with van der Waals surface area (Å²) in [5.74, 6) is 2.29. The molecule has 4 fully saturated rings. The molecule has 3 saturated carbocycles. The molecular formula is C18H32N2O2. The van der Waals surface area contributed by atoms with Gasteiger partial charge in [-0.2, -0.15) is 0 Å². The molecule has 1 amide bonds. The summed E-state index contributed by atoms with van der Waals surface area (Å²) in [6.07, 6.45) is 3.83. The van der Waals surface area contributed by atoms with Crippen molar-refractivity contribution in [1.82, 2.24) is 10.2 Å². The predicted octanol–water partition coefficient (Wildman–Crippen LogP) is 3.27. The van der Waals surface area contributed by atoms with Crippen LogP contribution in [0.5, 0.6) is 0 Å². The van der Waals surface area contributed by atoms with Gasteiger partial charge >= 0.3 is 6.09 Å². The van der Waals surface area contributed by atoms with Gasteiger partial charge < -0.3 is 15.0 Å². The highest BCUT2D eigenvalue weighted by atomic mass is 16.6. The fourth-order valence-corrected chi connectivity index (χ4v) is 4.98. The van der Waals surface area contributed by atoms with Crippen molar-refractivity contribution in [1.29, 1.82) is 0 Å². The normalized spacial score (nSPS) is 37.4. The standard InChI is InChI=1S/C18H32N2O2/c1-17(2,3)22-16(21)20-9-8-19-11-15(20)13-7-6-12-10-14(13)18(12,4)5/h12-15,19H,6-11H2,1-5H3. The van der Waals surface area contributed by atoms with E-state index in [1.165, 1.54) is 19.3 Å². The number of fused-ring (bicyclic) bond motifs is 2. The van der Waals surface area contributed by atoms with Gasteiger partial charge in [-0.05, 0) is 63.2 Å². The molecule has 4 nitrogen and oxygen atoms in total. The van der Waals surface area contributed by atoms with E-state index in [4.69, 9.17) is 4.74 Å². The van der Waals surface area contributed by atoms with Crippen LogP contribution >= 0.6 is 0 Å². The maximum Gasteiger partial charge on any atom is 0.410 e. The second kappa shape index (κ2) is 5.40. The third-order valence-corrected chi connectivity index (χ3v) is 6.32. The van der Waals surface area contributed by atoms with Crippen molar-refractivity contribution >= 4 is 6.09 Å². The summed E-state index contributed by atoms with van der Waals surface area (Å²) in [6.45, 7) is 13.2. The zero-order valence-corrected chi connectivity index (χ0v) is 14.8. The average Bonchev–Trinajstić information content (AvgIpc) is 2.45. The molecule has 0 spiro atoms. The van der Waals surface area contributed by atoms with Crippen LogP contribution in [0.2, 0.25) is 0 Å². The van der Waals surface area contributed by atoms with Gasteiger partial charge in [-0.3, -0.25) is 0 Å². The van der Waals surface area contributed by atoms with Crippen molar-refractivity contribution in [3.8, 4) is 0 Å². The van der Waals surface area contributed by atoms with E-state index in [9.17, 15) is 4.79 Å². The van der Waals surface area contributed by atoms with Gasteiger partial charge in [-0.1, -0.05) is 13.8 Å². The van der Waals surface area contributed by atoms with E-state index in [1.54, 1.807) is 0 Å². The molecule has 0 aromatic rings. The Morgan fingerprint density at radius 2 is 2.00 bits per heavy atom. The molecule has 0 aromatic heterocycles. The van der Waals surface area contributed by atoms with E-state index in [0.29, 0.717) is 17.4 Å². The molecule has 4 unspecified atom stereocenters. The Morgan fingerprint density at radius 3 is 2.59 bits per heavy atom. The highest BCUT2D eigenvalue weighted by molar-refractivity contribution is 5.68. The number of ether oxygens (including phenoxy) is 1. The Labute approximate surface area is 135 Å². The second-order valence-corrected chi connectivity index (χ2v) is 9.05. The van der Waals surface area contributed by atoms with E-state index in [0.717, 1.165) is 31.5 Å². The number of hydrogen-bond donors (Lipinski definition) is 1. The molecule has 1 saturated heterocycles. The Hall–Kier alpha value is -0.770. The number of carbonyl (C=O) groups is 1. The number of amides is 1. The number of nitrogens with one attached hydrogen (secondary N) is 1. The lowest BCUT2D eigenvalue weighted by Gasteiger charge is -2.62. The van der Waals surface area contributed by atoms with E-state index in [-0.39, 0.29) is 6.09 Å². The number of nitrogens with zero attached hydrogens (tertiary/aromatic N) is 1. The van der Waals surface area contributed by atoms with Crippen molar-refractivity contribution in [2.45, 2.75) is 65.5 Å². The van der Waals surface area contributed by atoms with Gasteiger partial charge in [0.1, 0.15) is 5.60 Å². The van der Waals surface area contributed by atoms with Crippen LogP contribution in [0.4, 0.5) is 4.79 Å². The van der Waals surface area contributed by atoms with Crippen molar-refractivity contribution in [2.75, 3.05) is 19.6 Å². The number of hydrogen-bond acceptors (Lipinski definition) is 3. The van der Waals surface area contributed by atoms with Gasteiger partial charge in [0.25, 0.3) is 0 Å². The minimum atomic E-state index is -0.417. The van der Waals surface area contributed by atoms with Crippen LogP contribution in [0.3, 0.4) is 0 Å². The van der Waals surface area contributed by atoms with Crippen LogP contribution in [0.15, 0.2) is 0 Å². The number of piperazine rings is 1. The maximum atomic E-state index is 12.6. The molecule has 4 rings (SSSR count). The van der Waals surface area contributed by atoms with E-state index >= 15 is 0 Å². The quantitative estimate of drug-likeness (QED) is 0.808. The van der Waals surface area contributed by atoms with Crippen LogP contribution in [0.25, 0.3) is 0 Å². The van der Waals surface area contributed by atoms with Gasteiger partial charge in [0.05, 0.1) is 6.04 Å². The second-order valence-electron chi connectivity index (χ2n) is 9.05. The Kier molecular flexibility index (Phi) is 3.95. The maximum absolute atomic E-state index is 12.6.